The van der Waals surface area contributed by atoms with E-state index in [0.29, 0.717) is 37.1 Å². The summed E-state index contributed by atoms with van der Waals surface area (Å²) in [4.78, 5) is 9.20. The molecule has 0 unspecified atom stereocenters. The van der Waals surface area contributed by atoms with Crippen LogP contribution in [0.4, 0.5) is 0 Å². The van der Waals surface area contributed by atoms with Gasteiger partial charge in [0.1, 0.15) is 23.0 Å². The number of aliphatic imine (C=N–C) groups is 2. The monoisotopic (exact) mass is 412 g/mol. The molecule has 162 valence electrons. The lowest BCUT2D eigenvalue weighted by Gasteiger charge is -2.08. The summed E-state index contributed by atoms with van der Waals surface area (Å²) in [5.41, 5.74) is 2.78. The van der Waals surface area contributed by atoms with Crippen LogP contribution in [0.3, 0.4) is 0 Å². The normalized spacial score (nSPS) is 12.3. The summed E-state index contributed by atoms with van der Waals surface area (Å²) in [6, 6.07) is 8.98. The first-order valence-corrected chi connectivity index (χ1v) is 10.6. The van der Waals surface area contributed by atoms with E-state index in [4.69, 9.17) is 0 Å². The minimum atomic E-state index is 0.120. The van der Waals surface area contributed by atoms with Crippen molar-refractivity contribution in [3.05, 3.63) is 47.5 Å². The summed E-state index contributed by atoms with van der Waals surface area (Å²) < 4.78 is 0. The van der Waals surface area contributed by atoms with E-state index in [-0.39, 0.29) is 23.0 Å². The predicted octanol–water partition coefficient (Wildman–Crippen LogP) is 5.17. The summed E-state index contributed by atoms with van der Waals surface area (Å²) in [5, 5.41) is 39.2. The number of benzene rings is 2. The van der Waals surface area contributed by atoms with Gasteiger partial charge in [-0.1, -0.05) is 26.7 Å². The molecular formula is C24H32N2O4. The lowest BCUT2D eigenvalue weighted by atomic mass is 10.1. The number of unbranched alkanes of at least 4 members (excludes halogenated alkanes) is 3. The molecule has 6 heteroatoms. The van der Waals surface area contributed by atoms with Crippen molar-refractivity contribution in [2.45, 2.75) is 52.4 Å². The van der Waals surface area contributed by atoms with Crippen molar-refractivity contribution in [1.29, 1.82) is 0 Å². The molecule has 0 saturated carbocycles. The van der Waals surface area contributed by atoms with Gasteiger partial charge in [0.15, 0.2) is 0 Å². The Balaban J connectivity index is 1.78. The Bertz CT molecular complexity index is 817. The van der Waals surface area contributed by atoms with Crippen LogP contribution in [0.1, 0.15) is 63.5 Å². The van der Waals surface area contributed by atoms with E-state index >= 15 is 0 Å². The van der Waals surface area contributed by atoms with Crippen molar-refractivity contribution in [3.63, 3.8) is 0 Å². The molecule has 2 aromatic carbocycles. The maximum absolute atomic E-state index is 9.98. The lowest BCUT2D eigenvalue weighted by molar-refractivity contribution is 0.459. The Morgan fingerprint density at radius 2 is 1.03 bits per heavy atom. The van der Waals surface area contributed by atoms with Gasteiger partial charge >= 0.3 is 0 Å². The van der Waals surface area contributed by atoms with E-state index in [2.05, 4.69) is 9.98 Å². The van der Waals surface area contributed by atoms with Crippen LogP contribution in [0.25, 0.3) is 0 Å². The van der Waals surface area contributed by atoms with Gasteiger partial charge in [-0.25, -0.2) is 0 Å². The summed E-state index contributed by atoms with van der Waals surface area (Å²) in [6.45, 7) is 5.32. The van der Waals surface area contributed by atoms with Crippen molar-refractivity contribution < 1.29 is 20.4 Å². The molecule has 6 nitrogen and oxygen atoms in total. The van der Waals surface area contributed by atoms with Gasteiger partial charge in [0.2, 0.25) is 0 Å². The molecule has 4 N–H and O–H groups in total. The number of phenols is 4. The first kappa shape index (κ1) is 23.3. The molecule has 0 spiro atoms. The molecular weight excluding hydrogens is 380 g/mol. The van der Waals surface area contributed by atoms with Crippen molar-refractivity contribution in [2.75, 3.05) is 13.1 Å². The van der Waals surface area contributed by atoms with Gasteiger partial charge in [-0.05, 0) is 62.1 Å². The number of aromatic hydroxyl groups is 4. The van der Waals surface area contributed by atoms with Crippen LogP contribution in [0.2, 0.25) is 0 Å². The highest BCUT2D eigenvalue weighted by Crippen LogP contribution is 2.25. The van der Waals surface area contributed by atoms with Crippen molar-refractivity contribution in [3.8, 4) is 23.0 Å². The molecule has 0 saturated heterocycles. The molecule has 0 aliphatic heterocycles. The molecule has 0 aromatic heterocycles. The summed E-state index contributed by atoms with van der Waals surface area (Å²) in [6.07, 6.45) is 5.32. The fourth-order valence-corrected chi connectivity index (χ4v) is 3.29. The van der Waals surface area contributed by atoms with Gasteiger partial charge in [-0.3, -0.25) is 9.98 Å². The first-order chi connectivity index (χ1) is 14.5. The topological polar surface area (TPSA) is 106 Å². The van der Waals surface area contributed by atoms with Crippen LogP contribution >= 0.6 is 0 Å². The van der Waals surface area contributed by atoms with E-state index < -0.39 is 0 Å². The molecule has 0 bridgehead atoms. The van der Waals surface area contributed by atoms with Crippen molar-refractivity contribution >= 4 is 11.4 Å². The summed E-state index contributed by atoms with van der Waals surface area (Å²) in [5.74, 6) is 0.511. The minimum absolute atomic E-state index is 0.120. The number of hydrogen-bond acceptors (Lipinski definition) is 6. The van der Waals surface area contributed by atoms with Gasteiger partial charge in [-0.15, -0.1) is 0 Å². The van der Waals surface area contributed by atoms with Crippen LogP contribution in [0, 0.1) is 0 Å². The average molecular weight is 413 g/mol. The highest BCUT2D eigenvalue weighted by Gasteiger charge is 2.09. The third-order valence-corrected chi connectivity index (χ3v) is 4.92. The Labute approximate surface area is 178 Å². The highest BCUT2D eigenvalue weighted by molar-refractivity contribution is 6.03. The Morgan fingerprint density at radius 3 is 1.40 bits per heavy atom. The van der Waals surface area contributed by atoms with E-state index in [1.807, 2.05) is 13.8 Å². The smallest absolute Gasteiger partial charge is 0.124 e. The molecule has 30 heavy (non-hydrogen) atoms. The van der Waals surface area contributed by atoms with Crippen LogP contribution in [0.5, 0.6) is 23.0 Å². The standard InChI is InChI=1S/C24H32N2O4/c1-3-21(19-15-17(27)9-11-23(19)29)25-13-7-5-6-8-14-26-22(4-2)20-16-18(28)10-12-24(20)30/h9-12,15-16,27-30H,3-8,13-14H2,1-2H3. The maximum Gasteiger partial charge on any atom is 0.124 e. The summed E-state index contributed by atoms with van der Waals surface area (Å²) >= 11 is 0. The number of nitrogens with zero attached hydrogens (tertiary/aromatic N) is 2. The maximum atomic E-state index is 9.98. The first-order valence-electron chi connectivity index (χ1n) is 10.6. The van der Waals surface area contributed by atoms with E-state index in [1.165, 1.54) is 24.3 Å². The molecule has 0 fully saturated rings. The van der Waals surface area contributed by atoms with Crippen molar-refractivity contribution in [2.24, 2.45) is 9.98 Å². The minimum Gasteiger partial charge on any atom is -0.508 e. The largest absolute Gasteiger partial charge is 0.508 e. The fraction of sp³-hybridized carbons (Fsp3) is 0.417. The number of hydrogen-bond donors (Lipinski definition) is 4. The van der Waals surface area contributed by atoms with Gasteiger partial charge in [0.25, 0.3) is 0 Å². The number of phenolic OH excluding ortho intramolecular Hbond substituents is 4. The molecule has 0 atom stereocenters. The summed E-state index contributed by atoms with van der Waals surface area (Å²) in [7, 11) is 0. The third kappa shape index (κ3) is 6.79. The van der Waals surface area contributed by atoms with Gasteiger partial charge < -0.3 is 20.4 Å². The SMILES string of the molecule is CCC(=NCCCCCCN=C(CC)c1cc(O)ccc1O)c1cc(O)ccc1O. The van der Waals surface area contributed by atoms with Gasteiger partial charge in [0.05, 0.1) is 0 Å². The molecule has 0 heterocycles. The van der Waals surface area contributed by atoms with Crippen LogP contribution in [-0.4, -0.2) is 44.9 Å². The van der Waals surface area contributed by atoms with Crippen molar-refractivity contribution in [1.82, 2.24) is 0 Å². The average Bonchev–Trinajstić information content (AvgIpc) is 2.74. The van der Waals surface area contributed by atoms with Crippen LogP contribution < -0.4 is 0 Å². The van der Waals surface area contributed by atoms with E-state index in [0.717, 1.165) is 37.1 Å². The highest BCUT2D eigenvalue weighted by atomic mass is 16.3. The molecule has 0 aliphatic rings. The van der Waals surface area contributed by atoms with Gasteiger partial charge in [-0.2, -0.15) is 0 Å². The molecule has 0 aliphatic carbocycles. The third-order valence-electron chi connectivity index (χ3n) is 4.92. The zero-order chi connectivity index (χ0) is 21.9. The Kier molecular flexibility index (Phi) is 9.19. The number of rotatable bonds is 11. The van der Waals surface area contributed by atoms with E-state index in [9.17, 15) is 20.4 Å². The lowest BCUT2D eigenvalue weighted by Crippen LogP contribution is -2.02. The zero-order valence-corrected chi connectivity index (χ0v) is 17.8. The predicted molar refractivity (Wildman–Crippen MR) is 121 cm³/mol. The van der Waals surface area contributed by atoms with Crippen LogP contribution in [-0.2, 0) is 0 Å². The molecule has 2 aromatic rings. The Hall–Kier alpha value is -3.02. The fourth-order valence-electron chi connectivity index (χ4n) is 3.29. The second-order valence-electron chi connectivity index (χ2n) is 7.18. The molecule has 2 rings (SSSR count). The van der Waals surface area contributed by atoms with E-state index in [1.54, 1.807) is 12.1 Å². The van der Waals surface area contributed by atoms with Gasteiger partial charge in [0, 0.05) is 35.6 Å². The second kappa shape index (κ2) is 11.9. The molecule has 0 radical (unpaired) electrons. The zero-order valence-electron chi connectivity index (χ0n) is 17.8. The second-order valence-corrected chi connectivity index (χ2v) is 7.18. The Morgan fingerprint density at radius 1 is 0.633 bits per heavy atom. The van der Waals surface area contributed by atoms with Crippen LogP contribution in [0.15, 0.2) is 46.4 Å². The molecule has 0 amide bonds. The quantitative estimate of drug-likeness (QED) is 0.232.